The van der Waals surface area contributed by atoms with Gasteiger partial charge in [-0.2, -0.15) is 0 Å². The maximum atomic E-state index is 13.4. The van der Waals surface area contributed by atoms with Crippen LogP contribution in [0.25, 0.3) is 0 Å². The predicted octanol–water partition coefficient (Wildman–Crippen LogP) is 2.94. The number of halogens is 1. The molecule has 0 amide bonds. The van der Waals surface area contributed by atoms with Gasteiger partial charge in [-0.3, -0.25) is 10.1 Å². The second kappa shape index (κ2) is 8.66. The number of carbonyl (C=O) groups is 1. The number of carbonyl (C=O) groups excluding carboxylic acids is 1. The molecule has 2 aromatic carbocycles. The fraction of sp³-hybridized carbons (Fsp3) is 0.316. The van der Waals surface area contributed by atoms with Crippen LogP contribution in [0, 0.1) is 15.9 Å². The zero-order valence-corrected chi connectivity index (χ0v) is 15.2. The van der Waals surface area contributed by atoms with Crippen molar-refractivity contribution in [3.8, 4) is 5.75 Å². The number of hydrogen-bond acceptors (Lipinski definition) is 7. The molecule has 148 valence electrons. The first-order chi connectivity index (χ1) is 13.5. The molecule has 0 N–H and O–H groups in total. The summed E-state index contributed by atoms with van der Waals surface area (Å²) in [4.78, 5) is 25.1. The first kappa shape index (κ1) is 19.6. The topological polar surface area (TPSA) is 91.1 Å². The molecule has 1 aliphatic rings. The summed E-state index contributed by atoms with van der Waals surface area (Å²) in [7, 11) is 1.42. The van der Waals surface area contributed by atoms with Gasteiger partial charge in [0, 0.05) is 24.7 Å². The van der Waals surface area contributed by atoms with Crippen LogP contribution in [-0.4, -0.2) is 44.3 Å². The van der Waals surface area contributed by atoms with Crippen LogP contribution in [-0.2, 0) is 16.1 Å². The van der Waals surface area contributed by atoms with E-state index in [9.17, 15) is 19.3 Å². The highest BCUT2D eigenvalue weighted by Crippen LogP contribution is 2.30. The summed E-state index contributed by atoms with van der Waals surface area (Å²) in [5.74, 6) is -0.858. The van der Waals surface area contributed by atoms with Crippen molar-refractivity contribution in [1.29, 1.82) is 0 Å². The number of nitro benzene ring substituents is 1. The molecule has 1 fully saturated rings. The number of ether oxygens (including phenoxy) is 3. The van der Waals surface area contributed by atoms with Crippen LogP contribution < -0.4 is 9.64 Å². The van der Waals surface area contributed by atoms with E-state index in [4.69, 9.17) is 14.2 Å². The minimum absolute atomic E-state index is 0.0408. The number of nitrogens with zero attached hydrogens (tertiary/aromatic N) is 2. The van der Waals surface area contributed by atoms with Crippen LogP contribution in [0.1, 0.15) is 15.9 Å². The standard InChI is InChI=1S/C19H19FN2O6/c1-26-18-5-3-15(20)10-14(18)12-28-19(23)13-2-4-16(17(11-13)22(24)25)21-6-8-27-9-7-21/h2-5,10-11H,6-9,12H2,1H3. The van der Waals surface area contributed by atoms with Gasteiger partial charge in [0.05, 0.1) is 30.8 Å². The third-order valence-electron chi connectivity index (χ3n) is 4.36. The van der Waals surface area contributed by atoms with Crippen molar-refractivity contribution >= 4 is 17.3 Å². The molecular weight excluding hydrogens is 371 g/mol. The Hall–Kier alpha value is -3.20. The molecule has 0 aromatic heterocycles. The van der Waals surface area contributed by atoms with E-state index < -0.39 is 16.7 Å². The molecular formula is C19H19FN2O6. The highest BCUT2D eigenvalue weighted by Gasteiger charge is 2.24. The lowest BCUT2D eigenvalue weighted by molar-refractivity contribution is -0.384. The van der Waals surface area contributed by atoms with Gasteiger partial charge in [0.1, 0.15) is 23.9 Å². The molecule has 3 rings (SSSR count). The summed E-state index contributed by atoms with van der Waals surface area (Å²) in [6.07, 6.45) is 0. The van der Waals surface area contributed by atoms with Gasteiger partial charge in [-0.15, -0.1) is 0 Å². The average Bonchev–Trinajstić information content (AvgIpc) is 2.72. The lowest BCUT2D eigenvalue weighted by Crippen LogP contribution is -2.36. The third kappa shape index (κ3) is 4.37. The molecule has 0 bridgehead atoms. The van der Waals surface area contributed by atoms with E-state index in [1.54, 1.807) is 0 Å². The number of methoxy groups -OCH3 is 1. The Morgan fingerprint density at radius 3 is 2.68 bits per heavy atom. The molecule has 0 atom stereocenters. The Bertz CT molecular complexity index is 883. The van der Waals surface area contributed by atoms with E-state index in [0.717, 1.165) is 0 Å². The third-order valence-corrected chi connectivity index (χ3v) is 4.36. The van der Waals surface area contributed by atoms with Gasteiger partial charge >= 0.3 is 5.97 Å². The molecule has 1 aliphatic heterocycles. The van der Waals surface area contributed by atoms with E-state index >= 15 is 0 Å². The normalized spacial score (nSPS) is 13.9. The second-order valence-corrected chi connectivity index (χ2v) is 6.09. The molecule has 1 saturated heterocycles. The van der Waals surface area contributed by atoms with Crippen LogP contribution in [0.15, 0.2) is 36.4 Å². The first-order valence-corrected chi connectivity index (χ1v) is 8.60. The summed E-state index contributed by atoms with van der Waals surface area (Å²) in [6, 6.07) is 8.07. The summed E-state index contributed by atoms with van der Waals surface area (Å²) >= 11 is 0. The molecule has 2 aromatic rings. The summed E-state index contributed by atoms with van der Waals surface area (Å²) < 4.78 is 29.0. The Labute approximate surface area is 160 Å². The van der Waals surface area contributed by atoms with Crippen molar-refractivity contribution in [2.24, 2.45) is 0 Å². The maximum Gasteiger partial charge on any atom is 0.338 e. The summed E-state index contributed by atoms with van der Waals surface area (Å²) in [5, 5.41) is 11.5. The number of rotatable bonds is 6. The van der Waals surface area contributed by atoms with Crippen molar-refractivity contribution in [2.75, 3.05) is 38.3 Å². The first-order valence-electron chi connectivity index (χ1n) is 8.60. The quantitative estimate of drug-likeness (QED) is 0.425. The van der Waals surface area contributed by atoms with Crippen LogP contribution in [0.3, 0.4) is 0 Å². The van der Waals surface area contributed by atoms with E-state index in [0.29, 0.717) is 43.3 Å². The van der Waals surface area contributed by atoms with Crippen molar-refractivity contribution in [2.45, 2.75) is 6.61 Å². The Kier molecular flexibility index (Phi) is 6.05. The SMILES string of the molecule is COc1ccc(F)cc1COC(=O)c1ccc(N2CCOCC2)c([N+](=O)[O-])c1. The summed E-state index contributed by atoms with van der Waals surface area (Å²) in [6.45, 7) is 1.81. The smallest absolute Gasteiger partial charge is 0.338 e. The van der Waals surface area contributed by atoms with E-state index in [1.807, 2.05) is 4.90 Å². The highest BCUT2D eigenvalue weighted by molar-refractivity contribution is 5.91. The number of anilines is 1. The van der Waals surface area contributed by atoms with Crippen LogP contribution in [0.5, 0.6) is 5.75 Å². The lowest BCUT2D eigenvalue weighted by Gasteiger charge is -2.28. The number of morpholine rings is 1. The maximum absolute atomic E-state index is 13.4. The van der Waals surface area contributed by atoms with Gasteiger partial charge in [-0.25, -0.2) is 9.18 Å². The van der Waals surface area contributed by atoms with Gasteiger partial charge in [-0.05, 0) is 30.3 Å². The Morgan fingerprint density at radius 1 is 1.25 bits per heavy atom. The van der Waals surface area contributed by atoms with Gasteiger partial charge in [-0.1, -0.05) is 0 Å². The monoisotopic (exact) mass is 390 g/mol. The van der Waals surface area contributed by atoms with Crippen molar-refractivity contribution in [1.82, 2.24) is 0 Å². The minimum Gasteiger partial charge on any atom is -0.496 e. The summed E-state index contributed by atoms with van der Waals surface area (Å²) in [5.41, 5.74) is 0.644. The van der Waals surface area contributed by atoms with Crippen molar-refractivity contribution in [3.63, 3.8) is 0 Å². The van der Waals surface area contributed by atoms with Gasteiger partial charge in [0.25, 0.3) is 5.69 Å². The van der Waals surface area contributed by atoms with E-state index in [-0.39, 0.29) is 17.9 Å². The van der Waals surface area contributed by atoms with Crippen LogP contribution in [0.2, 0.25) is 0 Å². The number of hydrogen-bond donors (Lipinski definition) is 0. The number of esters is 1. The molecule has 28 heavy (non-hydrogen) atoms. The molecule has 0 aliphatic carbocycles. The largest absolute Gasteiger partial charge is 0.496 e. The zero-order valence-electron chi connectivity index (χ0n) is 15.2. The van der Waals surface area contributed by atoms with Gasteiger partial charge in [0.15, 0.2) is 0 Å². The minimum atomic E-state index is -0.747. The Morgan fingerprint density at radius 2 is 2.00 bits per heavy atom. The lowest BCUT2D eigenvalue weighted by atomic mass is 10.1. The van der Waals surface area contributed by atoms with Crippen molar-refractivity contribution < 1.29 is 28.3 Å². The molecule has 0 saturated carbocycles. The predicted molar refractivity (Wildman–Crippen MR) is 98.2 cm³/mol. The number of benzene rings is 2. The molecule has 9 heteroatoms. The average molecular weight is 390 g/mol. The van der Waals surface area contributed by atoms with E-state index in [1.165, 1.54) is 43.5 Å². The van der Waals surface area contributed by atoms with Crippen molar-refractivity contribution in [3.05, 3.63) is 63.5 Å². The molecule has 0 spiro atoms. The number of nitro groups is 1. The molecule has 0 unspecified atom stereocenters. The van der Waals surface area contributed by atoms with Crippen LogP contribution in [0.4, 0.5) is 15.8 Å². The molecule has 8 nitrogen and oxygen atoms in total. The fourth-order valence-electron chi connectivity index (χ4n) is 2.95. The van der Waals surface area contributed by atoms with E-state index in [2.05, 4.69) is 0 Å². The highest BCUT2D eigenvalue weighted by atomic mass is 19.1. The fourth-order valence-corrected chi connectivity index (χ4v) is 2.95. The van der Waals surface area contributed by atoms with Gasteiger partial charge in [0.2, 0.25) is 0 Å². The zero-order chi connectivity index (χ0) is 20.1. The molecule has 0 radical (unpaired) electrons. The Balaban J connectivity index is 1.77. The van der Waals surface area contributed by atoms with Crippen LogP contribution >= 0.6 is 0 Å². The molecule has 1 heterocycles. The van der Waals surface area contributed by atoms with Gasteiger partial charge < -0.3 is 19.1 Å². The second-order valence-electron chi connectivity index (χ2n) is 6.09.